The van der Waals surface area contributed by atoms with E-state index in [0.29, 0.717) is 36.2 Å². The van der Waals surface area contributed by atoms with Gasteiger partial charge in [-0.25, -0.2) is 18.5 Å². The minimum Gasteiger partial charge on any atom is -0.361 e. The Kier molecular flexibility index (Phi) is 8.88. The number of anilines is 2. The van der Waals surface area contributed by atoms with E-state index in [1.165, 1.54) is 42.7 Å². The number of hydrogen-bond acceptors (Lipinski definition) is 9. The molecule has 196 valence electrons. The highest BCUT2D eigenvalue weighted by atomic mass is 32.2. The van der Waals surface area contributed by atoms with Gasteiger partial charge in [-0.2, -0.15) is 0 Å². The Bertz CT molecular complexity index is 1140. The summed E-state index contributed by atoms with van der Waals surface area (Å²) in [4.78, 5) is 34.3. The second-order valence-electron chi connectivity index (χ2n) is 9.23. The van der Waals surface area contributed by atoms with Crippen LogP contribution in [0, 0.1) is 5.92 Å². The van der Waals surface area contributed by atoms with E-state index in [1.54, 1.807) is 28.6 Å². The first kappa shape index (κ1) is 26.9. The highest BCUT2D eigenvalue weighted by Gasteiger charge is 2.37. The van der Waals surface area contributed by atoms with Gasteiger partial charge in [0.05, 0.1) is 11.4 Å². The van der Waals surface area contributed by atoms with Crippen LogP contribution in [-0.4, -0.2) is 66.2 Å². The fraction of sp³-hybridized carbons (Fsp3) is 0.522. The Morgan fingerprint density at radius 2 is 1.92 bits per heavy atom. The topological polar surface area (TPSA) is 138 Å². The van der Waals surface area contributed by atoms with Crippen LogP contribution < -0.4 is 15.8 Å². The molecule has 2 fully saturated rings. The number of carbonyl (C=O) groups excluding carboxylic acids is 2. The van der Waals surface area contributed by atoms with Crippen LogP contribution in [-0.2, 0) is 19.6 Å². The van der Waals surface area contributed by atoms with E-state index < -0.39 is 21.6 Å². The highest BCUT2D eigenvalue weighted by molar-refractivity contribution is 7.89. The van der Waals surface area contributed by atoms with Gasteiger partial charge in [0.15, 0.2) is 5.13 Å². The Hall–Kier alpha value is -2.19. The van der Waals surface area contributed by atoms with Gasteiger partial charge in [0.1, 0.15) is 11.5 Å². The molecule has 13 heteroatoms. The average Bonchev–Trinajstić information content (AvgIpc) is 3.36. The van der Waals surface area contributed by atoms with E-state index in [9.17, 15) is 18.0 Å². The quantitative estimate of drug-likeness (QED) is 0.277. The lowest BCUT2D eigenvalue weighted by molar-refractivity contribution is -0.144. The number of benzene rings is 1. The second-order valence-corrected chi connectivity index (χ2v) is 12.2. The number of aromatic nitrogens is 1. The second kappa shape index (κ2) is 11.9. The Morgan fingerprint density at radius 3 is 2.53 bits per heavy atom. The molecule has 4 N–H and O–H groups in total. The number of hydrogen-bond donors (Lipinski definition) is 4. The fourth-order valence-corrected chi connectivity index (χ4v) is 6.21. The minimum absolute atomic E-state index is 0.0209. The highest BCUT2D eigenvalue weighted by Crippen LogP contribution is 2.30. The molecule has 10 nitrogen and oxygen atoms in total. The van der Waals surface area contributed by atoms with Crippen LogP contribution in [0.25, 0.3) is 0 Å². The van der Waals surface area contributed by atoms with Crippen LogP contribution in [0.4, 0.5) is 10.8 Å². The molecule has 2 aromatic rings. The number of nitrogens with one attached hydrogen (secondary N) is 2. The average molecular weight is 553 g/mol. The number of nitrogens with two attached hydrogens (primary N) is 1. The van der Waals surface area contributed by atoms with Gasteiger partial charge >= 0.3 is 0 Å². The predicted molar refractivity (Wildman–Crippen MR) is 143 cm³/mol. The number of carbonyl (C=O) groups is 2. The molecule has 0 radical (unpaired) electrons. The monoisotopic (exact) mass is 552 g/mol. The van der Waals surface area contributed by atoms with Gasteiger partial charge in [-0.1, -0.05) is 32.1 Å². The zero-order valence-electron chi connectivity index (χ0n) is 19.9. The minimum atomic E-state index is -3.77. The fourth-order valence-electron chi connectivity index (χ4n) is 4.81. The van der Waals surface area contributed by atoms with Gasteiger partial charge in [-0.3, -0.25) is 14.5 Å². The van der Waals surface area contributed by atoms with Crippen molar-refractivity contribution < 1.29 is 18.0 Å². The number of amides is 2. The van der Waals surface area contributed by atoms with Crippen molar-refractivity contribution in [2.45, 2.75) is 55.0 Å². The maximum Gasteiger partial charge on any atom is 0.248 e. The summed E-state index contributed by atoms with van der Waals surface area (Å²) in [6.07, 6.45) is 8.02. The van der Waals surface area contributed by atoms with E-state index in [2.05, 4.69) is 28.2 Å². The van der Waals surface area contributed by atoms with E-state index in [4.69, 9.17) is 5.14 Å². The van der Waals surface area contributed by atoms with Crippen molar-refractivity contribution in [3.63, 3.8) is 0 Å². The van der Waals surface area contributed by atoms with Crippen LogP contribution >= 0.6 is 24.0 Å². The molecule has 2 aliphatic rings. The van der Waals surface area contributed by atoms with E-state index in [-0.39, 0.29) is 23.3 Å². The lowest BCUT2D eigenvalue weighted by Crippen LogP contribution is -2.59. The summed E-state index contributed by atoms with van der Waals surface area (Å²) in [5.74, 6) is 0.116. The summed E-state index contributed by atoms with van der Waals surface area (Å²) in [7, 11) is -3.77. The van der Waals surface area contributed by atoms with Crippen LogP contribution in [0.5, 0.6) is 0 Å². The lowest BCUT2D eigenvalue weighted by Gasteiger charge is -2.41. The molecule has 1 aliphatic heterocycles. The molecule has 1 saturated carbocycles. The van der Waals surface area contributed by atoms with Crippen molar-refractivity contribution in [1.82, 2.24) is 14.8 Å². The number of piperazine rings is 1. The SMILES string of the molecule is NS(=O)(=O)c1ccc(NC(S)N2CCN([C@@H](CC3CCCCC3)C(=O)Nc3nccs3)C(=O)C2)cc1. The zero-order chi connectivity index (χ0) is 25.7. The summed E-state index contributed by atoms with van der Waals surface area (Å²) >= 11 is 5.97. The van der Waals surface area contributed by atoms with Gasteiger partial charge in [0.25, 0.3) is 0 Å². The van der Waals surface area contributed by atoms with Crippen molar-refractivity contribution in [1.29, 1.82) is 0 Å². The molecule has 1 unspecified atom stereocenters. The summed E-state index contributed by atoms with van der Waals surface area (Å²) in [5.41, 5.74) is 0.174. The van der Waals surface area contributed by atoms with Crippen molar-refractivity contribution in [3.8, 4) is 0 Å². The Balaban J connectivity index is 1.39. The first-order valence-electron chi connectivity index (χ1n) is 12.0. The first-order chi connectivity index (χ1) is 17.2. The van der Waals surface area contributed by atoms with Crippen LogP contribution in [0.1, 0.15) is 38.5 Å². The molecular formula is C23H32N6O4S3. The molecule has 4 rings (SSSR count). The van der Waals surface area contributed by atoms with Crippen molar-refractivity contribution in [2.75, 3.05) is 30.3 Å². The molecule has 2 heterocycles. The maximum atomic E-state index is 13.3. The molecule has 36 heavy (non-hydrogen) atoms. The molecular weight excluding hydrogens is 520 g/mol. The smallest absolute Gasteiger partial charge is 0.248 e. The molecule has 0 bridgehead atoms. The first-order valence-corrected chi connectivity index (χ1v) is 15.0. The number of thiazole rings is 1. The van der Waals surface area contributed by atoms with E-state index >= 15 is 0 Å². The van der Waals surface area contributed by atoms with Gasteiger partial charge in [-0.15, -0.1) is 24.0 Å². The van der Waals surface area contributed by atoms with Crippen LogP contribution in [0.3, 0.4) is 0 Å². The Morgan fingerprint density at radius 1 is 1.19 bits per heavy atom. The summed E-state index contributed by atoms with van der Waals surface area (Å²) < 4.78 is 22.9. The third kappa shape index (κ3) is 6.97. The molecule has 0 spiro atoms. The number of primary sulfonamides is 1. The number of sulfonamides is 1. The molecule has 1 aromatic heterocycles. The maximum absolute atomic E-state index is 13.3. The number of thiol groups is 1. The van der Waals surface area contributed by atoms with Crippen LogP contribution in [0.2, 0.25) is 0 Å². The van der Waals surface area contributed by atoms with Gasteiger partial charge in [0.2, 0.25) is 21.8 Å². The molecule has 1 saturated heterocycles. The third-order valence-corrected chi connectivity index (χ3v) is 8.81. The van der Waals surface area contributed by atoms with Crippen molar-refractivity contribution in [3.05, 3.63) is 35.8 Å². The number of nitrogens with zero attached hydrogens (tertiary/aromatic N) is 3. The van der Waals surface area contributed by atoms with Crippen LogP contribution in [0.15, 0.2) is 40.7 Å². The van der Waals surface area contributed by atoms with Gasteiger partial charge < -0.3 is 15.5 Å². The molecule has 2 amide bonds. The molecule has 1 aromatic carbocycles. The van der Waals surface area contributed by atoms with Gasteiger partial charge in [-0.05, 0) is 36.6 Å². The molecule has 1 aliphatic carbocycles. The normalized spacial score (nSPS) is 19.6. The standard InChI is InChI=1S/C23H32N6O4S3/c24-36(32,33)18-8-6-17(7-9-18)26-23(34)28-11-12-29(20(30)15-28)19(14-16-4-2-1-3-5-16)21(31)27-22-25-10-13-35-22/h6-10,13,16,19,23,26,34H,1-5,11-12,14-15H2,(H2,24,32,33)(H,25,27,31)/t19-,23?/m0/s1. The van der Waals surface area contributed by atoms with E-state index in [0.717, 1.165) is 12.8 Å². The third-order valence-electron chi connectivity index (χ3n) is 6.73. The summed E-state index contributed by atoms with van der Waals surface area (Å²) in [6, 6.07) is 5.49. The van der Waals surface area contributed by atoms with E-state index in [1.807, 2.05) is 4.90 Å². The van der Waals surface area contributed by atoms with Crippen molar-refractivity contribution in [2.24, 2.45) is 11.1 Å². The summed E-state index contributed by atoms with van der Waals surface area (Å²) in [5, 5.41) is 13.6. The largest absolute Gasteiger partial charge is 0.361 e. The lowest BCUT2D eigenvalue weighted by atomic mass is 9.84. The van der Waals surface area contributed by atoms with Gasteiger partial charge in [0, 0.05) is 30.4 Å². The van der Waals surface area contributed by atoms with Crippen molar-refractivity contribution >= 4 is 56.6 Å². The summed E-state index contributed by atoms with van der Waals surface area (Å²) in [6.45, 7) is 1.06. The number of rotatable bonds is 9. The Labute approximate surface area is 221 Å². The predicted octanol–water partition coefficient (Wildman–Crippen LogP) is 2.54. The molecule has 2 atom stereocenters. The zero-order valence-corrected chi connectivity index (χ0v) is 22.4.